The maximum Gasteiger partial charge on any atom is 0.258 e. The molecule has 0 spiro atoms. The molecule has 34 heavy (non-hydrogen) atoms. The molecular weight excluding hydrogens is 428 g/mol. The molecule has 0 N–H and O–H groups in total. The lowest BCUT2D eigenvalue weighted by Gasteiger charge is -2.18. The van der Waals surface area contributed by atoms with Gasteiger partial charge in [0.25, 0.3) is 5.56 Å². The van der Waals surface area contributed by atoms with Gasteiger partial charge in [-0.1, -0.05) is 12.1 Å². The van der Waals surface area contributed by atoms with Gasteiger partial charge in [0.2, 0.25) is 5.91 Å². The van der Waals surface area contributed by atoms with Crippen LogP contribution in [0.2, 0.25) is 0 Å². The van der Waals surface area contributed by atoms with Gasteiger partial charge in [-0.3, -0.25) is 19.1 Å². The van der Waals surface area contributed by atoms with Crippen LogP contribution in [-0.4, -0.2) is 38.0 Å². The zero-order valence-corrected chi connectivity index (χ0v) is 19.7. The molecule has 5 rings (SSSR count). The Hall–Kier alpha value is -3.87. The minimum Gasteiger partial charge on any atom is -0.489 e. The Bertz CT molecular complexity index is 1430. The number of pyridine rings is 2. The monoisotopic (exact) mass is 456 g/mol. The number of fused-ring (bicyclic) bond motifs is 3. The first-order valence-corrected chi connectivity index (χ1v) is 11.5. The molecule has 174 valence electrons. The number of benzene rings is 1. The van der Waals surface area contributed by atoms with E-state index in [1.165, 1.54) is 22.7 Å². The van der Waals surface area contributed by atoms with E-state index < -0.39 is 0 Å². The van der Waals surface area contributed by atoms with Gasteiger partial charge in [-0.05, 0) is 43.2 Å². The normalized spacial score (nSPS) is 13.6. The van der Waals surface area contributed by atoms with Crippen LogP contribution in [0.15, 0.2) is 59.7 Å². The minimum absolute atomic E-state index is 0.127. The highest BCUT2D eigenvalue weighted by atomic mass is 16.5. The predicted molar refractivity (Wildman–Crippen MR) is 131 cm³/mol. The third-order valence-electron chi connectivity index (χ3n) is 6.66. The Morgan fingerprint density at radius 3 is 2.65 bits per heavy atom. The topological polar surface area (TPSA) is 69.4 Å². The van der Waals surface area contributed by atoms with E-state index in [0.717, 1.165) is 48.4 Å². The van der Waals surface area contributed by atoms with Crippen LogP contribution in [0.3, 0.4) is 0 Å². The SMILES string of the molecule is CC(=O)N1CCc2c(n(C)c3cc(-n4ccc(OCc5ccc(C)nc5)cc4=O)ccc23)CC1. The molecule has 1 aliphatic rings. The summed E-state index contributed by atoms with van der Waals surface area (Å²) in [5, 5.41) is 1.19. The van der Waals surface area contributed by atoms with Gasteiger partial charge in [0, 0.05) is 74.3 Å². The number of nitrogens with zero attached hydrogens (tertiary/aromatic N) is 4. The van der Waals surface area contributed by atoms with Crippen molar-refractivity contribution in [3.63, 3.8) is 0 Å². The van der Waals surface area contributed by atoms with E-state index in [2.05, 4.69) is 28.7 Å². The number of carbonyl (C=O) groups excluding carboxylic acids is 1. The fourth-order valence-corrected chi connectivity index (χ4v) is 4.73. The number of hydrogen-bond donors (Lipinski definition) is 0. The van der Waals surface area contributed by atoms with Crippen molar-refractivity contribution < 1.29 is 9.53 Å². The van der Waals surface area contributed by atoms with Crippen LogP contribution in [0.1, 0.15) is 29.4 Å². The Morgan fingerprint density at radius 1 is 1.09 bits per heavy atom. The van der Waals surface area contributed by atoms with Gasteiger partial charge >= 0.3 is 0 Å². The Labute approximate surface area is 198 Å². The van der Waals surface area contributed by atoms with Crippen molar-refractivity contribution >= 4 is 16.8 Å². The van der Waals surface area contributed by atoms with Crippen LogP contribution >= 0.6 is 0 Å². The number of aryl methyl sites for hydroxylation is 2. The molecule has 0 fully saturated rings. The number of ether oxygens (including phenoxy) is 1. The predicted octanol–water partition coefficient (Wildman–Crippen LogP) is 3.56. The second-order valence-electron chi connectivity index (χ2n) is 8.86. The van der Waals surface area contributed by atoms with Gasteiger partial charge in [0.15, 0.2) is 0 Å². The second kappa shape index (κ2) is 8.82. The third kappa shape index (κ3) is 4.09. The summed E-state index contributed by atoms with van der Waals surface area (Å²) in [4.78, 5) is 30.9. The molecular formula is C27H28N4O3. The molecule has 0 bridgehead atoms. The fourth-order valence-electron chi connectivity index (χ4n) is 4.73. The zero-order chi connectivity index (χ0) is 23.8. The number of amides is 1. The molecule has 7 nitrogen and oxygen atoms in total. The number of rotatable bonds is 4. The Morgan fingerprint density at radius 2 is 1.91 bits per heavy atom. The molecule has 4 aromatic rings. The average Bonchev–Trinajstić information content (AvgIpc) is 2.97. The molecule has 0 aliphatic carbocycles. The zero-order valence-electron chi connectivity index (χ0n) is 19.7. The summed E-state index contributed by atoms with van der Waals surface area (Å²) < 4.78 is 9.64. The van der Waals surface area contributed by atoms with Crippen molar-refractivity contribution in [2.45, 2.75) is 33.3 Å². The standard InChI is InChI=1S/C27H28N4O3/c1-18-4-5-20(16-28-18)17-34-22-8-13-31(27(33)15-22)21-6-7-23-24-9-11-30(19(2)32)12-10-25(24)29(3)26(23)14-21/h4-8,13-16H,9-12,17H2,1-3H3. The van der Waals surface area contributed by atoms with E-state index >= 15 is 0 Å². The second-order valence-corrected chi connectivity index (χ2v) is 8.86. The van der Waals surface area contributed by atoms with Crippen LogP contribution in [-0.2, 0) is 31.3 Å². The number of aromatic nitrogens is 3. The molecule has 0 saturated carbocycles. The third-order valence-corrected chi connectivity index (χ3v) is 6.66. The van der Waals surface area contributed by atoms with Crippen LogP contribution in [0.5, 0.6) is 5.75 Å². The maximum atomic E-state index is 12.9. The quantitative estimate of drug-likeness (QED) is 0.471. The van der Waals surface area contributed by atoms with Crippen molar-refractivity contribution in [2.24, 2.45) is 7.05 Å². The van der Waals surface area contributed by atoms with Gasteiger partial charge in [0.05, 0.1) is 11.2 Å². The van der Waals surface area contributed by atoms with Crippen molar-refractivity contribution in [1.29, 1.82) is 0 Å². The smallest absolute Gasteiger partial charge is 0.258 e. The lowest BCUT2D eigenvalue weighted by atomic mass is 10.1. The minimum atomic E-state index is -0.147. The molecule has 1 aromatic carbocycles. The van der Waals surface area contributed by atoms with E-state index in [1.807, 2.05) is 36.1 Å². The first-order valence-electron chi connectivity index (χ1n) is 11.5. The summed E-state index contributed by atoms with van der Waals surface area (Å²) in [6.07, 6.45) is 5.21. The lowest BCUT2D eigenvalue weighted by molar-refractivity contribution is -0.128. The van der Waals surface area contributed by atoms with E-state index in [4.69, 9.17) is 4.74 Å². The van der Waals surface area contributed by atoms with E-state index in [-0.39, 0.29) is 11.5 Å². The first kappa shape index (κ1) is 21.9. The number of carbonyl (C=O) groups is 1. The molecule has 4 heterocycles. The van der Waals surface area contributed by atoms with Gasteiger partial charge < -0.3 is 14.2 Å². The summed E-state index contributed by atoms with van der Waals surface area (Å²) in [6.45, 7) is 5.41. The highest BCUT2D eigenvalue weighted by Crippen LogP contribution is 2.30. The largest absolute Gasteiger partial charge is 0.489 e. The van der Waals surface area contributed by atoms with Crippen molar-refractivity contribution in [3.8, 4) is 11.4 Å². The average molecular weight is 457 g/mol. The molecule has 0 unspecified atom stereocenters. The lowest BCUT2D eigenvalue weighted by Crippen LogP contribution is -2.31. The van der Waals surface area contributed by atoms with E-state index in [9.17, 15) is 9.59 Å². The van der Waals surface area contributed by atoms with Crippen LogP contribution in [0.25, 0.3) is 16.6 Å². The molecule has 3 aromatic heterocycles. The summed E-state index contributed by atoms with van der Waals surface area (Å²) in [5.74, 6) is 0.658. The molecule has 0 atom stereocenters. The highest BCUT2D eigenvalue weighted by Gasteiger charge is 2.22. The van der Waals surface area contributed by atoms with Crippen LogP contribution in [0, 0.1) is 6.92 Å². The summed E-state index contributed by atoms with van der Waals surface area (Å²) in [7, 11) is 2.06. The Balaban J connectivity index is 1.40. The first-order chi connectivity index (χ1) is 16.4. The molecule has 1 aliphatic heterocycles. The van der Waals surface area contributed by atoms with Gasteiger partial charge in [-0.2, -0.15) is 0 Å². The van der Waals surface area contributed by atoms with E-state index in [1.54, 1.807) is 23.9 Å². The molecule has 1 amide bonds. The van der Waals surface area contributed by atoms with Crippen molar-refractivity contribution in [3.05, 3.63) is 87.7 Å². The molecule has 0 radical (unpaired) electrons. The summed E-state index contributed by atoms with van der Waals surface area (Å²) in [5.41, 5.74) is 6.23. The number of hydrogen-bond acceptors (Lipinski definition) is 4. The summed E-state index contributed by atoms with van der Waals surface area (Å²) >= 11 is 0. The van der Waals surface area contributed by atoms with Crippen LogP contribution < -0.4 is 10.3 Å². The van der Waals surface area contributed by atoms with Gasteiger partial charge in [-0.25, -0.2) is 0 Å². The maximum absolute atomic E-state index is 12.9. The van der Waals surface area contributed by atoms with Crippen LogP contribution in [0.4, 0.5) is 0 Å². The molecule has 7 heteroatoms. The van der Waals surface area contributed by atoms with Crippen molar-refractivity contribution in [1.82, 2.24) is 19.0 Å². The molecule has 0 saturated heterocycles. The summed E-state index contributed by atoms with van der Waals surface area (Å²) in [6, 6.07) is 13.4. The Kier molecular flexibility index (Phi) is 5.69. The van der Waals surface area contributed by atoms with Crippen molar-refractivity contribution in [2.75, 3.05) is 13.1 Å². The van der Waals surface area contributed by atoms with E-state index in [0.29, 0.717) is 12.4 Å². The van der Waals surface area contributed by atoms with Gasteiger partial charge in [0.1, 0.15) is 12.4 Å². The van der Waals surface area contributed by atoms with Gasteiger partial charge in [-0.15, -0.1) is 0 Å². The highest BCUT2D eigenvalue weighted by molar-refractivity contribution is 5.87. The fraction of sp³-hybridized carbons (Fsp3) is 0.296.